The molecule has 0 bridgehead atoms. The van der Waals surface area contributed by atoms with Crippen LogP contribution in [0.25, 0.3) is 0 Å². The van der Waals surface area contributed by atoms with Crippen molar-refractivity contribution in [2.75, 3.05) is 34.7 Å². The van der Waals surface area contributed by atoms with Crippen LogP contribution >= 0.6 is 7.36 Å². The summed E-state index contributed by atoms with van der Waals surface area (Å²) in [6.07, 6.45) is -5.24. The standard InChI is InChI=1S/C9H17F3N5O3PS/c1-13-15(3)9(21-22,16(4)14-2)17(5-6(18)19)7(20)8(10,11)12/h13-14H,5H2,1-4H3,(H,18,19)/p+1. The molecule has 3 N–H and O–H groups in total. The number of halogens is 3. The number of carbonyl (C=O) groups is 2. The molecule has 0 saturated carbocycles. The van der Waals surface area contributed by atoms with Crippen LogP contribution in [-0.2, 0) is 21.4 Å². The molecule has 128 valence electrons. The lowest BCUT2D eigenvalue weighted by atomic mass is 10.4. The molecule has 0 fully saturated rings. The number of carboxylic acid groups (broad SMARTS) is 1. The van der Waals surface area contributed by atoms with E-state index in [2.05, 4.69) is 10.9 Å². The number of carboxylic acids is 1. The monoisotopic (exact) mass is 364 g/mol. The molecule has 0 aliphatic rings. The van der Waals surface area contributed by atoms with Crippen LogP contribution in [-0.4, -0.2) is 78.3 Å². The molecule has 22 heavy (non-hydrogen) atoms. The number of hydrazine groups is 2. The van der Waals surface area contributed by atoms with E-state index in [1.165, 1.54) is 28.2 Å². The van der Waals surface area contributed by atoms with Gasteiger partial charge < -0.3 is 5.11 Å². The van der Waals surface area contributed by atoms with Gasteiger partial charge in [-0.15, -0.1) is 0 Å². The van der Waals surface area contributed by atoms with Gasteiger partial charge in [0.15, 0.2) is 11.8 Å². The van der Waals surface area contributed by atoms with E-state index in [1.807, 2.05) is 0 Å². The van der Waals surface area contributed by atoms with E-state index in [-0.39, 0.29) is 4.90 Å². The van der Waals surface area contributed by atoms with Gasteiger partial charge in [0, 0.05) is 14.1 Å². The van der Waals surface area contributed by atoms with Crippen molar-refractivity contribution in [3.05, 3.63) is 0 Å². The first-order valence-corrected chi connectivity index (χ1v) is 7.94. The Morgan fingerprint density at radius 2 is 1.59 bits per heavy atom. The first kappa shape index (κ1) is 21.1. The van der Waals surface area contributed by atoms with Crippen LogP contribution in [0.4, 0.5) is 13.2 Å². The first-order chi connectivity index (χ1) is 9.98. The highest BCUT2D eigenvalue weighted by atomic mass is 32.4. The Labute approximate surface area is 132 Å². The van der Waals surface area contributed by atoms with E-state index in [0.29, 0.717) is 0 Å². The molecule has 0 aliphatic heterocycles. The third kappa shape index (κ3) is 4.31. The molecule has 0 saturated heterocycles. The third-order valence-corrected chi connectivity index (χ3v) is 4.94. The number of aliphatic carboxylic acids is 1. The van der Waals surface area contributed by atoms with Crippen LogP contribution in [0.1, 0.15) is 0 Å². The fourth-order valence-electron chi connectivity index (χ4n) is 1.70. The summed E-state index contributed by atoms with van der Waals surface area (Å²) >= 11 is 4.95. The SMILES string of the molecule is CNN(C)C([PH+]=S)(N(C)NC)N(CC(=O)O)C(=O)C(F)(F)F. The molecule has 0 rings (SSSR count). The summed E-state index contributed by atoms with van der Waals surface area (Å²) in [5, 5.41) is 11.2. The highest BCUT2D eigenvalue weighted by Crippen LogP contribution is 2.35. The van der Waals surface area contributed by atoms with Gasteiger partial charge in [-0.3, -0.25) is 25.3 Å². The number of nitrogens with zero attached hydrogens (tertiary/aromatic N) is 3. The van der Waals surface area contributed by atoms with Gasteiger partial charge in [0.25, 0.3) is 0 Å². The molecule has 0 aromatic rings. The summed E-state index contributed by atoms with van der Waals surface area (Å²) in [5.41, 5.74) is 3.30. The fourth-order valence-corrected chi connectivity index (χ4v) is 3.64. The number of alkyl halides is 3. The molecule has 1 unspecified atom stereocenters. The molecular weight excluding hydrogens is 346 g/mol. The minimum Gasteiger partial charge on any atom is -0.480 e. The zero-order valence-electron chi connectivity index (χ0n) is 12.4. The Kier molecular flexibility index (Phi) is 7.75. The van der Waals surface area contributed by atoms with Crippen LogP contribution in [0.2, 0.25) is 0 Å². The van der Waals surface area contributed by atoms with Crippen molar-refractivity contribution in [3.8, 4) is 0 Å². The second kappa shape index (κ2) is 8.09. The number of rotatable bonds is 8. The van der Waals surface area contributed by atoms with Crippen LogP contribution in [0.15, 0.2) is 0 Å². The molecule has 0 radical (unpaired) electrons. The van der Waals surface area contributed by atoms with E-state index in [0.717, 1.165) is 10.0 Å². The quantitative estimate of drug-likeness (QED) is 0.297. The van der Waals surface area contributed by atoms with Crippen LogP contribution in [0.5, 0.6) is 0 Å². The Morgan fingerprint density at radius 1 is 1.18 bits per heavy atom. The molecule has 1 atom stereocenters. The first-order valence-electron chi connectivity index (χ1n) is 5.81. The minimum absolute atomic E-state index is 0.174. The van der Waals surface area contributed by atoms with Gasteiger partial charge in [-0.05, 0) is 14.1 Å². The second-order valence-corrected chi connectivity index (χ2v) is 5.57. The number of amides is 1. The van der Waals surface area contributed by atoms with Crippen LogP contribution < -0.4 is 10.9 Å². The van der Waals surface area contributed by atoms with Crippen molar-refractivity contribution in [2.45, 2.75) is 11.7 Å². The van der Waals surface area contributed by atoms with Crippen LogP contribution in [0.3, 0.4) is 0 Å². The number of hydrogen-bond acceptors (Lipinski definition) is 7. The Morgan fingerprint density at radius 3 is 1.82 bits per heavy atom. The van der Waals surface area contributed by atoms with Gasteiger partial charge in [0.05, 0.1) is 0 Å². The molecule has 13 heteroatoms. The van der Waals surface area contributed by atoms with Crippen molar-refractivity contribution >= 4 is 31.0 Å². The molecule has 0 heterocycles. The number of hydrogen-bond donors (Lipinski definition) is 3. The number of nitrogens with one attached hydrogen (secondary N) is 2. The van der Waals surface area contributed by atoms with Gasteiger partial charge in [-0.2, -0.15) is 23.2 Å². The van der Waals surface area contributed by atoms with Crippen molar-refractivity contribution < 1.29 is 27.9 Å². The zero-order chi connectivity index (χ0) is 17.7. The highest BCUT2D eigenvalue weighted by Gasteiger charge is 2.59. The fraction of sp³-hybridized carbons (Fsp3) is 0.778. The van der Waals surface area contributed by atoms with Gasteiger partial charge in [-0.1, -0.05) is 0 Å². The Bertz CT molecular complexity index is 429. The topological polar surface area (TPSA) is 88.2 Å². The summed E-state index contributed by atoms with van der Waals surface area (Å²) < 4.78 is 38.6. The van der Waals surface area contributed by atoms with Gasteiger partial charge in [-0.25, -0.2) is 0 Å². The van der Waals surface area contributed by atoms with Crippen LogP contribution in [0, 0.1) is 0 Å². The number of carbonyl (C=O) groups excluding carboxylic acids is 1. The van der Waals surface area contributed by atoms with E-state index in [1.54, 1.807) is 0 Å². The summed E-state index contributed by atoms with van der Waals surface area (Å²) in [5.74, 6) is -3.89. The molecule has 0 aliphatic carbocycles. The Hall–Kier alpha value is -0.910. The maximum atomic E-state index is 12.9. The van der Waals surface area contributed by atoms with E-state index < -0.39 is 37.5 Å². The van der Waals surface area contributed by atoms with Crippen molar-refractivity contribution in [2.24, 2.45) is 0 Å². The molecule has 0 spiro atoms. The second-order valence-electron chi connectivity index (χ2n) is 4.09. The Balaban J connectivity index is 6.21. The van der Waals surface area contributed by atoms with E-state index in [4.69, 9.17) is 16.9 Å². The van der Waals surface area contributed by atoms with Gasteiger partial charge in [0.1, 0.15) is 6.54 Å². The summed E-state index contributed by atoms with van der Waals surface area (Å²) in [4.78, 5) is 22.9. The molecule has 0 aromatic carbocycles. The summed E-state index contributed by atoms with van der Waals surface area (Å²) in [6.45, 7) is -1.17. The molecular formula is C9H18F3N5O3PS+. The largest absolute Gasteiger partial charge is 0.480 e. The molecule has 1 amide bonds. The lowest BCUT2D eigenvalue weighted by Crippen LogP contribution is -2.72. The molecule has 8 nitrogen and oxygen atoms in total. The minimum atomic E-state index is -5.24. The predicted octanol–water partition coefficient (Wildman–Crippen LogP) is -0.654. The maximum Gasteiger partial charge on any atom is 0.471 e. The highest BCUT2D eigenvalue weighted by molar-refractivity contribution is 7.97. The smallest absolute Gasteiger partial charge is 0.471 e. The summed E-state index contributed by atoms with van der Waals surface area (Å²) in [6, 6.07) is 0. The van der Waals surface area contributed by atoms with E-state index in [9.17, 15) is 22.8 Å². The van der Waals surface area contributed by atoms with Crippen molar-refractivity contribution in [3.63, 3.8) is 0 Å². The van der Waals surface area contributed by atoms with E-state index >= 15 is 0 Å². The lowest BCUT2D eigenvalue weighted by Gasteiger charge is -2.44. The molecule has 0 aromatic heterocycles. The van der Waals surface area contributed by atoms with Gasteiger partial charge in [0.2, 0.25) is 7.36 Å². The average Bonchev–Trinajstić information content (AvgIpc) is 2.44. The van der Waals surface area contributed by atoms with Crippen molar-refractivity contribution in [1.29, 1.82) is 0 Å². The summed E-state index contributed by atoms with van der Waals surface area (Å²) in [7, 11) is 4.82. The average molecular weight is 364 g/mol. The van der Waals surface area contributed by atoms with Crippen molar-refractivity contribution in [1.82, 2.24) is 25.8 Å². The normalized spacial score (nSPS) is 13.0. The maximum absolute atomic E-state index is 12.9. The lowest BCUT2D eigenvalue weighted by molar-refractivity contribution is -0.208. The predicted molar refractivity (Wildman–Crippen MR) is 77.5 cm³/mol. The van der Waals surface area contributed by atoms with Gasteiger partial charge >= 0.3 is 23.6 Å². The third-order valence-electron chi connectivity index (χ3n) is 2.90. The zero-order valence-corrected chi connectivity index (χ0v) is 14.2.